The monoisotopic (exact) mass is 351 g/mol. The minimum Gasteiger partial charge on any atom is -0.0616 e. The van der Waals surface area contributed by atoms with Gasteiger partial charge in [-0.15, -0.1) is 0 Å². The Kier molecular flexibility index (Phi) is 5.54. The van der Waals surface area contributed by atoms with E-state index in [1.807, 2.05) is 0 Å². The predicted molar refractivity (Wildman–Crippen MR) is 82.2 cm³/mol. The van der Waals surface area contributed by atoms with Crippen LogP contribution in [-0.4, -0.2) is 11.3 Å². The van der Waals surface area contributed by atoms with Gasteiger partial charge in [0.2, 0.25) is 0 Å². The van der Waals surface area contributed by atoms with Gasteiger partial charge in [-0.3, -0.25) is 0 Å². The van der Waals surface area contributed by atoms with Gasteiger partial charge in [0.1, 0.15) is 0 Å². The molecule has 100 valence electrons. The SMILES string of the molecule is CC[PH+](c1cccc2ccccc12)C(C)(C)C.[Pd]. The summed E-state index contributed by atoms with van der Waals surface area (Å²) >= 11 is 0. The maximum atomic E-state index is 2.38. The van der Waals surface area contributed by atoms with Crippen molar-refractivity contribution >= 4 is 24.0 Å². The molecule has 0 spiro atoms. The number of hydrogen-bond acceptors (Lipinski definition) is 0. The summed E-state index contributed by atoms with van der Waals surface area (Å²) in [5, 5.41) is 4.86. The fourth-order valence-corrected chi connectivity index (χ4v) is 5.71. The molecule has 0 saturated heterocycles. The standard InChI is InChI=1S/C16H21P.Pd/c1-5-17(16(2,3)4)15-12-8-10-13-9-6-7-11-14(13)15;/h6-12H,5H2,1-4H3;/p+1. The first-order valence-corrected chi connectivity index (χ1v) is 8.09. The van der Waals surface area contributed by atoms with Crippen LogP contribution in [0, 0.1) is 0 Å². The van der Waals surface area contributed by atoms with Crippen molar-refractivity contribution in [2.75, 3.05) is 6.16 Å². The molecule has 2 heteroatoms. The van der Waals surface area contributed by atoms with E-state index < -0.39 is 7.92 Å². The van der Waals surface area contributed by atoms with Crippen molar-refractivity contribution in [2.24, 2.45) is 0 Å². The first-order valence-electron chi connectivity index (χ1n) is 6.38. The Balaban J connectivity index is 0.00000162. The van der Waals surface area contributed by atoms with Crippen LogP contribution in [0.3, 0.4) is 0 Å². The zero-order valence-electron chi connectivity index (χ0n) is 11.6. The second-order valence-corrected chi connectivity index (χ2v) is 9.31. The van der Waals surface area contributed by atoms with E-state index in [4.69, 9.17) is 0 Å². The Morgan fingerprint density at radius 2 is 1.56 bits per heavy atom. The van der Waals surface area contributed by atoms with Gasteiger partial charge in [0.15, 0.2) is 0 Å². The predicted octanol–water partition coefficient (Wildman–Crippen LogP) is 4.50. The van der Waals surface area contributed by atoms with Gasteiger partial charge in [0.25, 0.3) is 0 Å². The molecule has 0 heterocycles. The molecule has 2 aromatic carbocycles. The topological polar surface area (TPSA) is 0 Å². The molecule has 0 aliphatic rings. The molecule has 0 aliphatic heterocycles. The van der Waals surface area contributed by atoms with E-state index in [0.717, 1.165) is 0 Å². The van der Waals surface area contributed by atoms with Crippen molar-refractivity contribution in [1.82, 2.24) is 0 Å². The molecule has 0 aliphatic carbocycles. The molecule has 1 atom stereocenters. The van der Waals surface area contributed by atoms with Gasteiger partial charge < -0.3 is 0 Å². The van der Waals surface area contributed by atoms with E-state index >= 15 is 0 Å². The quantitative estimate of drug-likeness (QED) is 0.552. The molecule has 0 aromatic heterocycles. The first-order chi connectivity index (χ1) is 8.04. The normalized spacial score (nSPS) is 13.1. The number of benzene rings is 2. The third kappa shape index (κ3) is 3.21. The van der Waals surface area contributed by atoms with Gasteiger partial charge in [0, 0.05) is 33.7 Å². The molecule has 0 bridgehead atoms. The molecule has 0 radical (unpaired) electrons. The van der Waals surface area contributed by atoms with Crippen molar-refractivity contribution in [3.63, 3.8) is 0 Å². The molecule has 2 rings (SSSR count). The molecule has 0 saturated carbocycles. The van der Waals surface area contributed by atoms with E-state index in [0.29, 0.717) is 5.16 Å². The van der Waals surface area contributed by atoms with E-state index in [1.54, 1.807) is 5.30 Å². The fraction of sp³-hybridized carbons (Fsp3) is 0.375. The zero-order chi connectivity index (χ0) is 12.5. The Morgan fingerprint density at radius 1 is 0.944 bits per heavy atom. The van der Waals surface area contributed by atoms with Crippen LogP contribution in [0.2, 0.25) is 0 Å². The number of fused-ring (bicyclic) bond motifs is 1. The van der Waals surface area contributed by atoms with E-state index in [2.05, 4.69) is 70.2 Å². The molecular weight excluding hydrogens is 330 g/mol. The Bertz CT molecular complexity index is 508. The first kappa shape index (κ1) is 15.8. The smallest absolute Gasteiger partial charge is 0.0616 e. The third-order valence-electron chi connectivity index (χ3n) is 3.37. The Labute approximate surface area is 126 Å². The summed E-state index contributed by atoms with van der Waals surface area (Å²) in [5.41, 5.74) is 0. The van der Waals surface area contributed by atoms with Crippen LogP contribution in [0.1, 0.15) is 27.7 Å². The maximum Gasteiger partial charge on any atom is 0.0997 e. The van der Waals surface area contributed by atoms with Crippen molar-refractivity contribution in [1.29, 1.82) is 0 Å². The Hall–Kier alpha value is -0.208. The van der Waals surface area contributed by atoms with Gasteiger partial charge in [0.05, 0.1) is 16.6 Å². The number of hydrogen-bond donors (Lipinski definition) is 0. The van der Waals surface area contributed by atoms with Crippen LogP contribution in [0.4, 0.5) is 0 Å². The van der Waals surface area contributed by atoms with E-state index in [9.17, 15) is 0 Å². The van der Waals surface area contributed by atoms with Crippen LogP contribution in [0.5, 0.6) is 0 Å². The van der Waals surface area contributed by atoms with Crippen molar-refractivity contribution in [3.8, 4) is 0 Å². The largest absolute Gasteiger partial charge is 0.0997 e. The summed E-state index contributed by atoms with van der Waals surface area (Å²) in [7, 11) is -0.502. The van der Waals surface area contributed by atoms with E-state index in [1.165, 1.54) is 16.9 Å². The minimum absolute atomic E-state index is 0. The molecule has 0 amide bonds. The summed E-state index contributed by atoms with van der Waals surface area (Å²) in [6.07, 6.45) is 1.29. The van der Waals surface area contributed by atoms with Gasteiger partial charge in [-0.1, -0.05) is 36.4 Å². The molecule has 0 N–H and O–H groups in total. The average Bonchev–Trinajstić information content (AvgIpc) is 2.28. The maximum absolute atomic E-state index is 2.38. The summed E-state index contributed by atoms with van der Waals surface area (Å²) in [6, 6.07) is 15.5. The van der Waals surface area contributed by atoms with Crippen molar-refractivity contribution < 1.29 is 20.4 Å². The minimum atomic E-state index is -0.502. The summed E-state index contributed by atoms with van der Waals surface area (Å²) < 4.78 is 0. The third-order valence-corrected chi connectivity index (χ3v) is 6.98. The molecule has 0 nitrogen and oxygen atoms in total. The van der Waals surface area contributed by atoms with Gasteiger partial charge in [-0.25, -0.2) is 0 Å². The van der Waals surface area contributed by atoms with Crippen LogP contribution < -0.4 is 5.30 Å². The Morgan fingerprint density at radius 3 is 2.17 bits per heavy atom. The van der Waals surface area contributed by atoms with Gasteiger partial charge in [-0.2, -0.15) is 0 Å². The van der Waals surface area contributed by atoms with Crippen molar-refractivity contribution in [3.05, 3.63) is 42.5 Å². The molecule has 1 unspecified atom stereocenters. The molecule has 18 heavy (non-hydrogen) atoms. The van der Waals surface area contributed by atoms with Crippen LogP contribution in [0.25, 0.3) is 10.8 Å². The number of rotatable bonds is 2. The van der Waals surface area contributed by atoms with Gasteiger partial charge >= 0.3 is 0 Å². The summed E-state index contributed by atoms with van der Waals surface area (Å²) in [5.74, 6) is 0. The second-order valence-electron chi connectivity index (χ2n) is 5.61. The molecular formula is C16H22PPd+. The fourth-order valence-electron chi connectivity index (χ4n) is 2.61. The van der Waals surface area contributed by atoms with Crippen molar-refractivity contribution in [2.45, 2.75) is 32.9 Å². The zero-order valence-corrected chi connectivity index (χ0v) is 14.1. The van der Waals surface area contributed by atoms with Crippen LogP contribution in [-0.2, 0) is 20.4 Å². The van der Waals surface area contributed by atoms with Crippen LogP contribution in [0.15, 0.2) is 42.5 Å². The average molecular weight is 352 g/mol. The van der Waals surface area contributed by atoms with E-state index in [-0.39, 0.29) is 20.4 Å². The molecule has 0 fully saturated rings. The second kappa shape index (κ2) is 6.30. The summed E-state index contributed by atoms with van der Waals surface area (Å²) in [6.45, 7) is 9.48. The van der Waals surface area contributed by atoms with Crippen LogP contribution >= 0.6 is 7.92 Å². The molecule has 2 aromatic rings. The summed E-state index contributed by atoms with van der Waals surface area (Å²) in [4.78, 5) is 0. The van der Waals surface area contributed by atoms with Gasteiger partial charge in [-0.05, 0) is 39.1 Å².